The Bertz CT molecular complexity index is 5240. The number of morpholine rings is 1. The summed E-state index contributed by atoms with van der Waals surface area (Å²) in [7, 11) is 7.59. The minimum Gasteiger partial charge on any atom is -0.379 e. The zero-order valence-corrected chi connectivity index (χ0v) is 91.1. The van der Waals surface area contributed by atoms with Crippen LogP contribution in [0.5, 0.6) is 0 Å². The molecule has 0 bridgehead atoms. The molecule has 17 nitrogen and oxygen atoms in total. The summed E-state index contributed by atoms with van der Waals surface area (Å²) >= 11 is 0. The van der Waals surface area contributed by atoms with E-state index >= 15 is 0 Å². The summed E-state index contributed by atoms with van der Waals surface area (Å²) in [6.07, 6.45) is 29.6. The molecule has 0 amide bonds. The highest BCUT2D eigenvalue weighted by Gasteiger charge is 2.54. The van der Waals surface area contributed by atoms with E-state index in [1.165, 1.54) is 160 Å². The van der Waals surface area contributed by atoms with Crippen molar-refractivity contribution >= 4 is 46.3 Å². The topological polar surface area (TPSA) is 189 Å². The van der Waals surface area contributed by atoms with Crippen molar-refractivity contribution in [2.24, 2.45) is 0 Å². The lowest BCUT2D eigenvalue weighted by Crippen LogP contribution is -2.49. The second-order valence-electron chi connectivity index (χ2n) is 44.5. The lowest BCUT2D eigenvalue weighted by Gasteiger charge is -2.42. The summed E-state index contributed by atoms with van der Waals surface area (Å²) in [5, 5.41) is 5.97. The van der Waals surface area contributed by atoms with E-state index in [1.54, 1.807) is 0 Å². The van der Waals surface area contributed by atoms with E-state index in [9.17, 15) is 38.4 Å². The molecule has 19 rings (SSSR count). The van der Waals surface area contributed by atoms with Gasteiger partial charge in [-0.2, -0.15) is 0 Å². The summed E-state index contributed by atoms with van der Waals surface area (Å²) in [6.45, 7) is 41.3. The molecule has 0 spiro atoms. The Labute approximate surface area is 866 Å². The van der Waals surface area contributed by atoms with Crippen LogP contribution in [-0.4, -0.2) is 235 Å². The number of aryl methyl sites for hydroxylation is 8. The van der Waals surface area contributed by atoms with E-state index in [0.29, 0.717) is 98.6 Å². The van der Waals surface area contributed by atoms with Gasteiger partial charge in [0.2, 0.25) is 0 Å². The molecule has 11 aliphatic rings. The molecule has 0 unspecified atom stereocenters. The first-order valence-corrected chi connectivity index (χ1v) is 55.3. The van der Waals surface area contributed by atoms with E-state index in [4.69, 9.17) is 4.74 Å². The minimum atomic E-state index is -0.212. The SMILES string of the molecule is CCN(CC)CC(=O)C1(c2ccc(C)cc2)CC1.CCN(CC)CC(=O)C1(c2ccc(C)cc2)CCC1.CNCC(=O)C1(c2ccc(C)cc2)CCC1.CNCC(=O)C1(c2ccc(C)cc2)CCCC1.Cc1ccc(C2(C(=O)CN(C)C)CCC2)cc1.Cc1ccc(C2(C(=O)CN3CCCC3)CC2)cc1.Cc1ccc(C2(C(=O)CN3CCCC3)CCC2)cc1.Cc1ccc(C2(C(=O)CN3CCOCC3)CCC2)cc1. The Morgan fingerprint density at radius 1 is 0.243 bits per heavy atom. The Morgan fingerprint density at radius 3 is 0.611 bits per heavy atom. The molecular weight excluding hydrogens is 1780 g/mol. The van der Waals surface area contributed by atoms with Crippen molar-refractivity contribution in [1.29, 1.82) is 0 Å². The molecule has 8 saturated carbocycles. The molecule has 11 fully saturated rings. The van der Waals surface area contributed by atoms with Crippen molar-refractivity contribution in [3.63, 3.8) is 0 Å². The number of carbonyl (C=O) groups excluding carboxylic acids is 8. The Kier molecular flexibility index (Phi) is 41.8. The molecule has 2 N–H and O–H groups in total. The average molecular weight is 1960 g/mol. The number of rotatable bonds is 36. The largest absolute Gasteiger partial charge is 0.379 e. The van der Waals surface area contributed by atoms with Gasteiger partial charge in [-0.1, -0.05) is 311 Å². The monoisotopic (exact) mass is 1960 g/mol. The van der Waals surface area contributed by atoms with Gasteiger partial charge < -0.3 is 20.3 Å². The summed E-state index contributed by atoms with van der Waals surface area (Å²) < 4.78 is 5.35. The smallest absolute Gasteiger partial charge is 0.157 e. The average Bonchev–Trinajstić information content (AvgIpc) is 1.60. The zero-order valence-electron chi connectivity index (χ0n) is 91.1. The molecule has 0 atom stereocenters. The summed E-state index contributed by atoms with van der Waals surface area (Å²) in [6, 6.07) is 68.1. The lowest BCUT2D eigenvalue weighted by atomic mass is 9.61. The van der Waals surface area contributed by atoms with Gasteiger partial charge in [-0.25, -0.2) is 0 Å². The molecule has 0 aromatic heterocycles. The number of nitrogens with zero attached hydrogens (tertiary/aromatic N) is 6. The number of carbonyl (C=O) groups is 8. The van der Waals surface area contributed by atoms with Gasteiger partial charge in [0, 0.05) is 13.1 Å². The third kappa shape index (κ3) is 28.2. The van der Waals surface area contributed by atoms with Gasteiger partial charge in [-0.15, -0.1) is 0 Å². The van der Waals surface area contributed by atoms with Crippen molar-refractivity contribution in [1.82, 2.24) is 40.0 Å². The zero-order chi connectivity index (χ0) is 103. The number of Topliss-reactive ketones (excluding diaryl/α,β-unsaturated/α-hetero) is 8. The number of likely N-dealkylation sites (N-methyl/N-ethyl adjacent to an activating group) is 5. The highest BCUT2D eigenvalue weighted by atomic mass is 16.5. The van der Waals surface area contributed by atoms with Crippen molar-refractivity contribution in [2.75, 3.05) is 159 Å². The van der Waals surface area contributed by atoms with E-state index in [2.05, 4.69) is 312 Å². The molecule has 3 saturated heterocycles. The maximum Gasteiger partial charge on any atom is 0.157 e. The molecule has 3 heterocycles. The van der Waals surface area contributed by atoms with E-state index in [0.717, 1.165) is 181 Å². The van der Waals surface area contributed by atoms with Crippen LogP contribution in [0.2, 0.25) is 0 Å². The number of ketones is 8. The summed E-state index contributed by atoms with van der Waals surface area (Å²) in [5.41, 5.74) is 18.4. The lowest BCUT2D eigenvalue weighted by molar-refractivity contribution is -0.130. The van der Waals surface area contributed by atoms with Crippen LogP contribution in [0.1, 0.15) is 290 Å². The fraction of sp³-hybridized carbons (Fsp3) is 0.559. The maximum absolute atomic E-state index is 12.8. The number of benzene rings is 8. The number of ether oxygens (including phenoxy) is 1. The van der Waals surface area contributed by atoms with Crippen LogP contribution in [0, 0.1) is 55.4 Å². The molecule has 144 heavy (non-hydrogen) atoms. The standard InChI is InChI=1S/C17H23NO2.C17H23NO.C17H25NO.C16H21NO.C16H23NO.2C15H21NO.C14H19NO/c1-14-3-5-15(6-4-14)17(7-2-8-17)16(19)13-18-9-11-20-12-10-18;1-14-5-7-15(8-6-14)17(9-4-10-17)16(19)13-18-11-2-3-12-18;1-4-18(5-2)13-16(19)17(11-6-12-17)15-9-7-14(3)8-10-15;1-13-4-6-14(7-5-13)16(8-9-16)15(18)12-17-10-2-3-11-17;1-4-17(5-2)12-15(18)16(10-11-16)14-8-6-13(3)7-9-14;1-12-5-7-13(8-6-12)15(9-4-10-15)14(17)11-16(2)3;1-12-5-7-13(8-6-12)15(9-3-4-10-15)14(17)11-16-2;1-11-4-6-12(7-5-11)14(8-3-9-14)13(16)10-15-2/h3-6H,2,7-13H2,1H3;5-8H,2-4,9-13H2,1H3;7-10H,4-6,11-13H2,1-3H3;4-7H,2-3,8-12H2,1H3;6-9H,4-5,10-12H2,1-3H3;5-8H,4,9-11H2,1-3H3;5-8,16H,3-4,9-11H2,1-2H3;4-7,15H,3,8-10H2,1-2H3. The van der Waals surface area contributed by atoms with Crippen molar-refractivity contribution in [3.8, 4) is 0 Å². The Balaban J connectivity index is 0.000000147. The molecule has 8 aromatic rings. The van der Waals surface area contributed by atoms with Crippen molar-refractivity contribution < 1.29 is 43.1 Å². The van der Waals surface area contributed by atoms with E-state index < -0.39 is 0 Å². The van der Waals surface area contributed by atoms with Gasteiger partial charge in [0.1, 0.15) is 0 Å². The van der Waals surface area contributed by atoms with E-state index in [1.807, 2.05) is 33.1 Å². The fourth-order valence-corrected chi connectivity index (χ4v) is 23.1. The van der Waals surface area contributed by atoms with Crippen molar-refractivity contribution in [2.45, 2.75) is 300 Å². The summed E-state index contributed by atoms with van der Waals surface area (Å²) in [5.74, 6) is 3.15. The molecule has 8 aromatic carbocycles. The van der Waals surface area contributed by atoms with Crippen LogP contribution in [0.15, 0.2) is 194 Å². The minimum absolute atomic E-state index is 0.129. The highest BCUT2D eigenvalue weighted by Crippen LogP contribution is 2.53. The van der Waals surface area contributed by atoms with Crippen LogP contribution in [0.4, 0.5) is 0 Å². The quantitative estimate of drug-likeness (QED) is 0.0377. The molecule has 0 radical (unpaired) electrons. The van der Waals surface area contributed by atoms with Crippen LogP contribution in [-0.2, 0) is 86.4 Å². The second-order valence-corrected chi connectivity index (χ2v) is 44.5. The first-order chi connectivity index (χ1) is 69.3. The van der Waals surface area contributed by atoms with Gasteiger partial charge in [0.25, 0.3) is 0 Å². The van der Waals surface area contributed by atoms with Crippen LogP contribution in [0.3, 0.4) is 0 Å². The third-order valence-corrected chi connectivity index (χ3v) is 34.4. The van der Waals surface area contributed by atoms with Gasteiger partial charge in [-0.3, -0.25) is 62.9 Å². The summed E-state index contributed by atoms with van der Waals surface area (Å²) in [4.78, 5) is 114. The molecule has 3 aliphatic heterocycles. The van der Waals surface area contributed by atoms with Crippen LogP contribution >= 0.6 is 0 Å². The third-order valence-electron chi connectivity index (χ3n) is 34.4. The van der Waals surface area contributed by atoms with Gasteiger partial charge in [-0.05, 0) is 309 Å². The van der Waals surface area contributed by atoms with Gasteiger partial charge >= 0.3 is 0 Å². The predicted molar refractivity (Wildman–Crippen MR) is 590 cm³/mol. The fourth-order valence-electron chi connectivity index (χ4n) is 23.1. The number of nitrogens with one attached hydrogen (secondary N) is 2. The maximum atomic E-state index is 12.8. The van der Waals surface area contributed by atoms with Gasteiger partial charge in [0.15, 0.2) is 46.3 Å². The van der Waals surface area contributed by atoms with Crippen LogP contribution < -0.4 is 10.6 Å². The molecular formula is C127H176N8O9. The normalized spacial score (nSPS) is 19.4. The first kappa shape index (κ1) is 113. The molecule has 8 aliphatic carbocycles. The number of hydrogen-bond donors (Lipinski definition) is 2. The molecule has 17 heteroatoms. The van der Waals surface area contributed by atoms with E-state index in [-0.39, 0.29) is 43.3 Å². The van der Waals surface area contributed by atoms with Crippen molar-refractivity contribution in [3.05, 3.63) is 283 Å². The van der Waals surface area contributed by atoms with Crippen LogP contribution in [0.25, 0.3) is 0 Å². The Morgan fingerprint density at radius 2 is 0.424 bits per heavy atom. The second kappa shape index (κ2) is 53.1. The highest BCUT2D eigenvalue weighted by molar-refractivity contribution is 5.98. The number of likely N-dealkylation sites (tertiary alicyclic amines) is 2. The number of hydrogen-bond acceptors (Lipinski definition) is 17. The predicted octanol–water partition coefficient (Wildman–Crippen LogP) is 21.7. The molecule has 778 valence electrons. The Hall–Kier alpha value is -9.24. The first-order valence-electron chi connectivity index (χ1n) is 55.3. The van der Waals surface area contributed by atoms with Gasteiger partial charge in [0.05, 0.1) is 109 Å².